The number of likely N-dealkylation sites (tertiary alicyclic amines) is 1. The number of halogens is 1. The van der Waals surface area contributed by atoms with Gasteiger partial charge in [-0.1, -0.05) is 52.9 Å². The van der Waals surface area contributed by atoms with Gasteiger partial charge in [0.2, 0.25) is 17.7 Å². The molecule has 2 fully saturated rings. The van der Waals surface area contributed by atoms with Gasteiger partial charge in [0.25, 0.3) is 0 Å². The molecule has 3 aromatic rings. The third kappa shape index (κ3) is 4.19. The Balaban J connectivity index is 1.43. The molecule has 3 amide bonds. The van der Waals surface area contributed by atoms with Crippen LogP contribution < -0.4 is 9.77 Å². The first-order chi connectivity index (χ1) is 18.3. The van der Waals surface area contributed by atoms with Crippen molar-refractivity contribution in [2.75, 3.05) is 18.0 Å². The van der Waals surface area contributed by atoms with Crippen LogP contribution in [0.15, 0.2) is 58.4 Å². The molecule has 0 bridgehead atoms. The Hall–Kier alpha value is -3.24. The standard InChI is InChI=1S/C28H26FN3O4S2/c1-16-5-11-19(12-6-16)32-25(34)22-21(17-7-9-18(29)10-8-17)24-27(37-23(22)26(32)35)31(28(36)38-24)15-20(33)30-13-3-2-4-14-30/h5-12,21-23H,2-4,13-15H2,1H3/t21-,22+,23-/m0/s1. The van der Waals surface area contributed by atoms with Crippen LogP contribution >= 0.6 is 23.1 Å². The molecule has 3 aliphatic rings. The number of hydrogen-bond donors (Lipinski definition) is 0. The molecule has 7 nitrogen and oxygen atoms in total. The van der Waals surface area contributed by atoms with Crippen LogP contribution in [0.1, 0.15) is 41.2 Å². The summed E-state index contributed by atoms with van der Waals surface area (Å²) in [5.41, 5.74) is 2.17. The molecule has 1 aromatic heterocycles. The van der Waals surface area contributed by atoms with Crippen LogP contribution in [0.4, 0.5) is 10.1 Å². The van der Waals surface area contributed by atoms with Gasteiger partial charge in [0, 0.05) is 23.9 Å². The fourth-order valence-corrected chi connectivity index (χ4v) is 8.38. The van der Waals surface area contributed by atoms with E-state index in [0.717, 1.165) is 36.2 Å². The van der Waals surface area contributed by atoms with Crippen LogP contribution in [-0.2, 0) is 20.9 Å². The van der Waals surface area contributed by atoms with E-state index in [9.17, 15) is 23.6 Å². The molecule has 0 radical (unpaired) electrons. The van der Waals surface area contributed by atoms with E-state index in [0.29, 0.717) is 34.2 Å². The van der Waals surface area contributed by atoms with Crippen molar-refractivity contribution in [3.05, 3.63) is 80.0 Å². The van der Waals surface area contributed by atoms with Crippen molar-refractivity contribution >= 4 is 46.5 Å². The molecule has 0 N–H and O–H groups in total. The van der Waals surface area contributed by atoms with Crippen molar-refractivity contribution in [2.45, 2.75) is 48.9 Å². The summed E-state index contributed by atoms with van der Waals surface area (Å²) in [4.78, 5) is 57.3. The quantitative estimate of drug-likeness (QED) is 0.455. The van der Waals surface area contributed by atoms with E-state index in [-0.39, 0.29) is 29.1 Å². The first-order valence-electron chi connectivity index (χ1n) is 12.7. The van der Waals surface area contributed by atoms with Gasteiger partial charge in [-0.15, -0.1) is 0 Å². The van der Waals surface area contributed by atoms with E-state index < -0.39 is 22.9 Å². The molecule has 0 unspecified atom stereocenters. The Morgan fingerprint density at radius 1 is 0.947 bits per heavy atom. The van der Waals surface area contributed by atoms with Crippen molar-refractivity contribution in [3.8, 4) is 0 Å². The summed E-state index contributed by atoms with van der Waals surface area (Å²) < 4.78 is 15.3. The summed E-state index contributed by atoms with van der Waals surface area (Å²) in [7, 11) is 0. The monoisotopic (exact) mass is 551 g/mol. The lowest BCUT2D eigenvalue weighted by atomic mass is 9.83. The second kappa shape index (κ2) is 9.81. The van der Waals surface area contributed by atoms with Crippen LogP contribution in [0.3, 0.4) is 0 Å². The number of nitrogens with zero attached hydrogens (tertiary/aromatic N) is 3. The van der Waals surface area contributed by atoms with Crippen LogP contribution in [0.25, 0.3) is 0 Å². The summed E-state index contributed by atoms with van der Waals surface area (Å²) in [5.74, 6) is -2.58. The summed E-state index contributed by atoms with van der Waals surface area (Å²) >= 11 is 2.20. The minimum atomic E-state index is -0.767. The van der Waals surface area contributed by atoms with Crippen LogP contribution in [-0.4, -0.2) is 45.5 Å². The zero-order chi connectivity index (χ0) is 26.6. The Morgan fingerprint density at radius 3 is 2.32 bits per heavy atom. The number of amides is 3. The number of piperidine rings is 1. The molecule has 3 atom stereocenters. The second-order valence-electron chi connectivity index (χ2n) is 10.0. The minimum Gasteiger partial charge on any atom is -0.341 e. The third-order valence-corrected chi connectivity index (χ3v) is 10.2. The SMILES string of the molecule is Cc1ccc(N2C(=O)[C@@H]3[C@H](c4ccc(F)cc4)c4sc(=O)n(CC(=O)N5CCCCC5)c4S[C@@H]3C2=O)cc1. The zero-order valence-electron chi connectivity index (χ0n) is 20.8. The molecule has 4 heterocycles. The number of rotatable bonds is 4. The van der Waals surface area contributed by atoms with Gasteiger partial charge in [0.15, 0.2) is 0 Å². The first-order valence-corrected chi connectivity index (χ1v) is 14.4. The summed E-state index contributed by atoms with van der Waals surface area (Å²) in [6.45, 7) is 3.18. The highest BCUT2D eigenvalue weighted by Crippen LogP contribution is 2.53. The predicted molar refractivity (Wildman–Crippen MR) is 144 cm³/mol. The molecule has 38 heavy (non-hydrogen) atoms. The highest BCUT2D eigenvalue weighted by Gasteiger charge is 2.56. The van der Waals surface area contributed by atoms with Gasteiger partial charge in [0.05, 0.1) is 16.6 Å². The van der Waals surface area contributed by atoms with E-state index in [2.05, 4.69) is 0 Å². The fourth-order valence-electron chi connectivity index (χ4n) is 5.61. The normalized spacial score (nSPS) is 22.9. The number of thioether (sulfide) groups is 1. The molecule has 10 heteroatoms. The summed E-state index contributed by atoms with van der Waals surface area (Å²) in [6, 6.07) is 13.1. The molecular formula is C28H26FN3O4S2. The first kappa shape index (κ1) is 25.1. The number of aryl methyl sites for hydroxylation is 1. The van der Waals surface area contributed by atoms with Gasteiger partial charge in [0.1, 0.15) is 17.6 Å². The van der Waals surface area contributed by atoms with Crippen molar-refractivity contribution in [1.82, 2.24) is 9.47 Å². The van der Waals surface area contributed by atoms with Crippen molar-refractivity contribution in [2.24, 2.45) is 5.92 Å². The van der Waals surface area contributed by atoms with Crippen molar-refractivity contribution in [1.29, 1.82) is 0 Å². The van der Waals surface area contributed by atoms with Crippen LogP contribution in [0.2, 0.25) is 0 Å². The van der Waals surface area contributed by atoms with E-state index >= 15 is 0 Å². The van der Waals surface area contributed by atoms with E-state index in [1.54, 1.807) is 29.2 Å². The molecule has 2 aromatic carbocycles. The number of aromatic nitrogens is 1. The molecule has 6 rings (SSSR count). The molecule has 196 valence electrons. The number of thiazole rings is 1. The maximum Gasteiger partial charge on any atom is 0.308 e. The Morgan fingerprint density at radius 2 is 1.63 bits per heavy atom. The minimum absolute atomic E-state index is 0.102. The molecule has 3 aliphatic heterocycles. The van der Waals surface area contributed by atoms with Gasteiger partial charge in [-0.3, -0.25) is 23.7 Å². The van der Waals surface area contributed by atoms with E-state index in [1.807, 2.05) is 19.1 Å². The van der Waals surface area contributed by atoms with Crippen molar-refractivity contribution < 1.29 is 18.8 Å². The number of hydrogen-bond acceptors (Lipinski definition) is 6. The van der Waals surface area contributed by atoms with Gasteiger partial charge < -0.3 is 4.90 Å². The lowest BCUT2D eigenvalue weighted by molar-refractivity contribution is -0.133. The maximum absolute atomic E-state index is 13.8. The molecule has 0 aliphatic carbocycles. The summed E-state index contributed by atoms with van der Waals surface area (Å²) in [5, 5.41) is -0.218. The fraction of sp³-hybridized carbons (Fsp3) is 0.357. The summed E-state index contributed by atoms with van der Waals surface area (Å²) in [6.07, 6.45) is 2.97. The number of fused-ring (bicyclic) bond motifs is 2. The van der Waals surface area contributed by atoms with Gasteiger partial charge in [-0.05, 0) is 56.0 Å². The van der Waals surface area contributed by atoms with E-state index in [1.165, 1.54) is 33.4 Å². The van der Waals surface area contributed by atoms with Gasteiger partial charge >= 0.3 is 4.87 Å². The Bertz CT molecular complexity index is 1480. The number of benzene rings is 2. The average molecular weight is 552 g/mol. The predicted octanol–water partition coefficient (Wildman–Crippen LogP) is 4.17. The average Bonchev–Trinajstić information content (AvgIpc) is 3.36. The lowest BCUT2D eigenvalue weighted by Gasteiger charge is -2.31. The Labute approximate surface area is 227 Å². The molecule has 2 saturated heterocycles. The highest BCUT2D eigenvalue weighted by atomic mass is 32.2. The smallest absolute Gasteiger partial charge is 0.308 e. The third-order valence-electron chi connectivity index (χ3n) is 7.57. The number of carbonyl (C=O) groups excluding carboxylic acids is 3. The second-order valence-corrected chi connectivity index (χ2v) is 12.1. The largest absolute Gasteiger partial charge is 0.341 e. The lowest BCUT2D eigenvalue weighted by Crippen LogP contribution is -2.39. The molecule has 0 spiro atoms. The van der Waals surface area contributed by atoms with Crippen molar-refractivity contribution in [3.63, 3.8) is 0 Å². The maximum atomic E-state index is 13.8. The molecular weight excluding hydrogens is 525 g/mol. The van der Waals surface area contributed by atoms with E-state index in [4.69, 9.17) is 0 Å². The highest BCUT2D eigenvalue weighted by molar-refractivity contribution is 8.00. The van der Waals surface area contributed by atoms with Crippen LogP contribution in [0, 0.1) is 18.7 Å². The van der Waals surface area contributed by atoms with Gasteiger partial charge in [-0.25, -0.2) is 9.29 Å². The number of imide groups is 1. The topological polar surface area (TPSA) is 79.7 Å². The van der Waals surface area contributed by atoms with Crippen LogP contribution in [0.5, 0.6) is 0 Å². The zero-order valence-corrected chi connectivity index (χ0v) is 22.4. The molecule has 0 saturated carbocycles. The number of carbonyl (C=O) groups is 3. The van der Waals surface area contributed by atoms with Gasteiger partial charge in [-0.2, -0.15) is 0 Å². The Kier molecular flexibility index (Phi) is 6.47. The number of anilines is 1.